The highest BCUT2D eigenvalue weighted by Gasteiger charge is 2.49. The van der Waals surface area contributed by atoms with Gasteiger partial charge in [-0.05, 0) is 6.42 Å². The van der Waals surface area contributed by atoms with E-state index < -0.39 is 65.9 Å². The third kappa shape index (κ3) is 3.88. The topological polar surface area (TPSA) is 160 Å². The average Bonchev–Trinajstić information content (AvgIpc) is 2.58. The first-order valence-electron chi connectivity index (χ1n) is 7.81. The lowest BCUT2D eigenvalue weighted by Crippen LogP contribution is -2.60. The van der Waals surface area contributed by atoms with E-state index in [1.165, 1.54) is 7.11 Å². The zero-order valence-corrected chi connectivity index (χ0v) is 14.1. The van der Waals surface area contributed by atoms with Gasteiger partial charge in [-0.1, -0.05) is 0 Å². The van der Waals surface area contributed by atoms with Crippen molar-refractivity contribution in [3.8, 4) is 0 Å². The van der Waals surface area contributed by atoms with Gasteiger partial charge in [-0.3, -0.25) is 0 Å². The second-order valence-electron chi connectivity index (χ2n) is 6.23. The molecule has 1 heterocycles. The van der Waals surface area contributed by atoms with Crippen molar-refractivity contribution in [2.75, 3.05) is 20.3 Å². The Balaban J connectivity index is 2.14. The van der Waals surface area contributed by atoms with Gasteiger partial charge in [0.05, 0.1) is 30.2 Å². The Morgan fingerprint density at radius 3 is 2.12 bits per heavy atom. The fourth-order valence-electron chi connectivity index (χ4n) is 3.21. The van der Waals surface area contributed by atoms with Crippen LogP contribution >= 0.6 is 11.8 Å². The molecule has 9 nitrogen and oxygen atoms in total. The molecular weight excluding hydrogens is 344 g/mol. The van der Waals surface area contributed by atoms with Gasteiger partial charge in [-0.15, -0.1) is 11.8 Å². The number of aliphatic hydroxyl groups excluding tert-OH is 7. The molecule has 0 spiro atoms. The minimum atomic E-state index is -1.44. The average molecular weight is 370 g/mol. The lowest BCUT2D eigenvalue weighted by molar-refractivity contribution is -0.258. The Kier molecular flexibility index (Phi) is 7.26. The van der Waals surface area contributed by atoms with Crippen LogP contribution in [0, 0.1) is 5.92 Å². The van der Waals surface area contributed by atoms with Crippen LogP contribution in [0.3, 0.4) is 0 Å². The molecule has 0 unspecified atom stereocenters. The van der Waals surface area contributed by atoms with Gasteiger partial charge >= 0.3 is 0 Å². The second-order valence-corrected chi connectivity index (χ2v) is 7.65. The van der Waals surface area contributed by atoms with Crippen molar-refractivity contribution in [1.29, 1.82) is 0 Å². The Hall–Kier alpha value is -0.0100. The van der Waals surface area contributed by atoms with Crippen LogP contribution in [-0.4, -0.2) is 109 Å². The maximum atomic E-state index is 10.3. The maximum absolute atomic E-state index is 10.3. The van der Waals surface area contributed by atoms with E-state index in [0.29, 0.717) is 0 Å². The van der Waals surface area contributed by atoms with Gasteiger partial charge in [-0.25, -0.2) is 0 Å². The van der Waals surface area contributed by atoms with Gasteiger partial charge in [-0.2, -0.15) is 0 Å². The van der Waals surface area contributed by atoms with Gasteiger partial charge < -0.3 is 45.2 Å². The zero-order chi connectivity index (χ0) is 18.0. The Bertz CT molecular complexity index is 382. The molecule has 0 aromatic carbocycles. The van der Waals surface area contributed by atoms with Crippen LogP contribution in [0.4, 0.5) is 0 Å². The van der Waals surface area contributed by atoms with E-state index in [0.717, 1.165) is 11.8 Å². The molecule has 1 aliphatic heterocycles. The fraction of sp³-hybridized carbons (Fsp3) is 1.00. The first kappa shape index (κ1) is 20.3. The summed E-state index contributed by atoms with van der Waals surface area (Å²) in [5.41, 5.74) is 0. The summed E-state index contributed by atoms with van der Waals surface area (Å²) in [5.74, 6) is -0.623. The predicted octanol–water partition coefficient (Wildman–Crippen LogP) is -3.36. The smallest absolute Gasteiger partial charge is 0.184 e. The number of hydrogen-bond acceptors (Lipinski definition) is 10. The molecule has 1 saturated heterocycles. The Morgan fingerprint density at radius 1 is 0.917 bits per heavy atom. The van der Waals surface area contributed by atoms with E-state index >= 15 is 0 Å². The molecule has 7 N–H and O–H groups in total. The number of hydrogen-bond donors (Lipinski definition) is 7. The van der Waals surface area contributed by atoms with Crippen LogP contribution in [0.5, 0.6) is 0 Å². The standard InChI is InChI=1S/C14H26O9S/c1-22-14-12(21)13(9(18)6(4-16)23-14)24-7-2-5(3-15)8(17)11(20)10(7)19/h5-21H,2-4H2,1H3/t5-,6-,7+,8-,9-,10+,11+,12-,13+,14+/m1/s1. The fourth-order valence-corrected chi connectivity index (χ4v) is 4.92. The van der Waals surface area contributed by atoms with Crippen LogP contribution in [0.25, 0.3) is 0 Å². The van der Waals surface area contributed by atoms with Crippen LogP contribution in [0.2, 0.25) is 0 Å². The number of thioether (sulfide) groups is 1. The summed E-state index contributed by atoms with van der Waals surface area (Å²) in [5, 5.41) is 67.7. The molecule has 0 bridgehead atoms. The monoisotopic (exact) mass is 370 g/mol. The molecule has 142 valence electrons. The van der Waals surface area contributed by atoms with Crippen molar-refractivity contribution in [1.82, 2.24) is 0 Å². The molecule has 10 heteroatoms. The third-order valence-electron chi connectivity index (χ3n) is 4.72. The van der Waals surface area contributed by atoms with Crippen molar-refractivity contribution < 1.29 is 45.2 Å². The molecule has 2 fully saturated rings. The molecule has 0 radical (unpaired) electrons. The number of ether oxygens (including phenoxy) is 2. The van der Waals surface area contributed by atoms with Crippen molar-refractivity contribution in [3.05, 3.63) is 0 Å². The van der Waals surface area contributed by atoms with Gasteiger partial charge in [0.15, 0.2) is 6.29 Å². The highest BCUT2D eigenvalue weighted by atomic mass is 32.2. The molecule has 1 saturated carbocycles. The lowest BCUT2D eigenvalue weighted by atomic mass is 9.83. The molecule has 2 aliphatic rings. The summed E-state index contributed by atoms with van der Waals surface area (Å²) in [4.78, 5) is 0. The summed E-state index contributed by atoms with van der Waals surface area (Å²) in [6.45, 7) is -0.834. The van der Waals surface area contributed by atoms with Crippen molar-refractivity contribution >= 4 is 11.8 Å². The summed E-state index contributed by atoms with van der Waals surface area (Å²) in [6, 6.07) is 0. The number of aliphatic hydroxyl groups is 7. The van der Waals surface area contributed by atoms with E-state index in [9.17, 15) is 35.7 Å². The van der Waals surface area contributed by atoms with Crippen molar-refractivity contribution in [2.45, 2.75) is 59.8 Å². The largest absolute Gasteiger partial charge is 0.396 e. The first-order chi connectivity index (χ1) is 11.3. The Morgan fingerprint density at radius 2 is 1.58 bits per heavy atom. The van der Waals surface area contributed by atoms with E-state index in [2.05, 4.69) is 0 Å². The van der Waals surface area contributed by atoms with E-state index in [1.54, 1.807) is 0 Å². The summed E-state index contributed by atoms with van der Waals surface area (Å²) < 4.78 is 10.3. The molecule has 2 rings (SSSR count). The first-order valence-corrected chi connectivity index (χ1v) is 8.75. The Labute approximate surface area is 143 Å². The van der Waals surface area contributed by atoms with Gasteiger partial charge in [0.2, 0.25) is 0 Å². The molecule has 24 heavy (non-hydrogen) atoms. The van der Waals surface area contributed by atoms with Crippen LogP contribution < -0.4 is 0 Å². The van der Waals surface area contributed by atoms with Gasteiger partial charge in [0.1, 0.15) is 18.3 Å². The minimum absolute atomic E-state index is 0.193. The second kappa shape index (κ2) is 8.58. The SMILES string of the molecule is CO[C@H]1O[C@H](CO)[C@@H](O)[C@H](S[C@H]2C[C@H](CO)[C@@H](O)[C@H](O)[C@H]2O)[C@H]1O. The molecule has 0 aromatic heterocycles. The maximum Gasteiger partial charge on any atom is 0.184 e. The number of rotatable bonds is 5. The quantitative estimate of drug-likeness (QED) is 0.260. The van der Waals surface area contributed by atoms with Gasteiger partial charge in [0, 0.05) is 24.9 Å². The van der Waals surface area contributed by atoms with E-state index in [-0.39, 0.29) is 13.0 Å². The number of methoxy groups -OCH3 is 1. The van der Waals surface area contributed by atoms with Crippen molar-refractivity contribution in [3.63, 3.8) is 0 Å². The van der Waals surface area contributed by atoms with Crippen molar-refractivity contribution in [2.24, 2.45) is 5.92 Å². The van der Waals surface area contributed by atoms with Crippen LogP contribution in [0.1, 0.15) is 6.42 Å². The molecular formula is C14H26O9S. The molecule has 0 amide bonds. The van der Waals surface area contributed by atoms with Crippen LogP contribution in [0.15, 0.2) is 0 Å². The molecule has 0 aromatic rings. The highest BCUT2D eigenvalue weighted by molar-refractivity contribution is 8.00. The predicted molar refractivity (Wildman–Crippen MR) is 83.1 cm³/mol. The summed E-state index contributed by atoms with van der Waals surface area (Å²) >= 11 is 1.03. The third-order valence-corrected chi connectivity index (χ3v) is 6.41. The lowest BCUT2D eigenvalue weighted by Gasteiger charge is -2.45. The zero-order valence-electron chi connectivity index (χ0n) is 13.3. The highest BCUT2D eigenvalue weighted by Crippen LogP contribution is 2.39. The van der Waals surface area contributed by atoms with E-state index in [4.69, 9.17) is 9.47 Å². The summed E-state index contributed by atoms with van der Waals surface area (Å²) in [6.07, 6.45) is -8.22. The normalized spacial score (nSPS) is 50.0. The minimum Gasteiger partial charge on any atom is -0.396 e. The molecule has 1 aliphatic carbocycles. The summed E-state index contributed by atoms with van der Waals surface area (Å²) in [7, 11) is 1.32. The van der Waals surface area contributed by atoms with Crippen LogP contribution in [-0.2, 0) is 9.47 Å². The molecule has 10 atom stereocenters. The van der Waals surface area contributed by atoms with E-state index in [1.807, 2.05) is 0 Å². The van der Waals surface area contributed by atoms with Gasteiger partial charge in [0.25, 0.3) is 0 Å².